The zero-order valence-corrected chi connectivity index (χ0v) is 11.1. The summed E-state index contributed by atoms with van der Waals surface area (Å²) in [5.74, 6) is 0.433. The van der Waals surface area contributed by atoms with E-state index in [4.69, 9.17) is 5.73 Å². The fraction of sp³-hybridized carbons (Fsp3) is 0.462. The van der Waals surface area contributed by atoms with Crippen molar-refractivity contribution in [3.05, 3.63) is 24.3 Å². The van der Waals surface area contributed by atoms with Crippen LogP contribution in [0.2, 0.25) is 0 Å². The molecule has 1 aromatic rings. The molecule has 1 aliphatic heterocycles. The van der Waals surface area contributed by atoms with Crippen LogP contribution in [0.3, 0.4) is 0 Å². The SMILES string of the molecule is CN=C(N)Nc1ccc(N2CCN(C)CC2)cc1. The summed E-state index contributed by atoms with van der Waals surface area (Å²) in [6.07, 6.45) is 0. The van der Waals surface area contributed by atoms with E-state index in [1.54, 1.807) is 7.05 Å². The number of hydrogen-bond acceptors (Lipinski definition) is 3. The highest BCUT2D eigenvalue weighted by Crippen LogP contribution is 2.19. The minimum Gasteiger partial charge on any atom is -0.370 e. The molecule has 2 rings (SSSR count). The third kappa shape index (κ3) is 3.13. The highest BCUT2D eigenvalue weighted by Gasteiger charge is 2.13. The second-order valence-electron chi connectivity index (χ2n) is 4.57. The number of aliphatic imine (C=N–C) groups is 1. The Bertz CT molecular complexity index is 404. The summed E-state index contributed by atoms with van der Waals surface area (Å²) in [6, 6.07) is 8.31. The fourth-order valence-electron chi connectivity index (χ4n) is 2.02. The third-order valence-electron chi connectivity index (χ3n) is 3.25. The summed E-state index contributed by atoms with van der Waals surface area (Å²) in [5, 5.41) is 3.03. The lowest BCUT2D eigenvalue weighted by Crippen LogP contribution is -2.44. The molecule has 0 aliphatic carbocycles. The molecule has 1 heterocycles. The van der Waals surface area contributed by atoms with Crippen molar-refractivity contribution in [1.82, 2.24) is 4.90 Å². The standard InChI is InChI=1S/C13H21N5/c1-15-13(14)16-11-3-5-12(6-4-11)18-9-7-17(2)8-10-18/h3-6H,7-10H2,1-2H3,(H3,14,15,16). The van der Waals surface area contributed by atoms with Crippen molar-refractivity contribution < 1.29 is 0 Å². The molecule has 0 aromatic heterocycles. The van der Waals surface area contributed by atoms with E-state index in [1.807, 2.05) is 12.1 Å². The molecule has 0 unspecified atom stereocenters. The molecular formula is C13H21N5. The van der Waals surface area contributed by atoms with Crippen LogP contribution in [-0.2, 0) is 0 Å². The van der Waals surface area contributed by atoms with Crippen molar-refractivity contribution in [1.29, 1.82) is 0 Å². The molecule has 5 nitrogen and oxygen atoms in total. The minimum atomic E-state index is 0.433. The summed E-state index contributed by atoms with van der Waals surface area (Å²) in [6.45, 7) is 4.41. The van der Waals surface area contributed by atoms with Gasteiger partial charge in [0.1, 0.15) is 0 Å². The van der Waals surface area contributed by atoms with Crippen LogP contribution in [-0.4, -0.2) is 51.1 Å². The van der Waals surface area contributed by atoms with E-state index in [9.17, 15) is 0 Å². The van der Waals surface area contributed by atoms with Crippen molar-refractivity contribution in [2.45, 2.75) is 0 Å². The van der Waals surface area contributed by atoms with Crippen LogP contribution >= 0.6 is 0 Å². The monoisotopic (exact) mass is 247 g/mol. The molecule has 3 N–H and O–H groups in total. The molecule has 18 heavy (non-hydrogen) atoms. The predicted octanol–water partition coefficient (Wildman–Crippen LogP) is 0.795. The van der Waals surface area contributed by atoms with Crippen LogP contribution in [0.15, 0.2) is 29.3 Å². The zero-order chi connectivity index (χ0) is 13.0. The lowest BCUT2D eigenvalue weighted by Gasteiger charge is -2.34. The number of benzene rings is 1. The number of rotatable bonds is 2. The average molecular weight is 247 g/mol. The fourth-order valence-corrected chi connectivity index (χ4v) is 2.02. The Kier molecular flexibility index (Phi) is 4.04. The van der Waals surface area contributed by atoms with E-state index in [2.05, 4.69) is 39.3 Å². The lowest BCUT2D eigenvalue weighted by molar-refractivity contribution is 0.313. The second kappa shape index (κ2) is 5.73. The molecule has 0 atom stereocenters. The quantitative estimate of drug-likeness (QED) is 0.599. The van der Waals surface area contributed by atoms with Gasteiger partial charge in [-0.2, -0.15) is 0 Å². The second-order valence-corrected chi connectivity index (χ2v) is 4.57. The Balaban J connectivity index is 1.99. The van der Waals surface area contributed by atoms with Gasteiger partial charge in [-0.25, -0.2) is 0 Å². The van der Waals surface area contributed by atoms with Crippen molar-refractivity contribution in [3.63, 3.8) is 0 Å². The van der Waals surface area contributed by atoms with Gasteiger partial charge in [0.2, 0.25) is 0 Å². The van der Waals surface area contributed by atoms with E-state index in [0.29, 0.717) is 5.96 Å². The molecular weight excluding hydrogens is 226 g/mol. The van der Waals surface area contributed by atoms with Gasteiger partial charge < -0.3 is 20.9 Å². The van der Waals surface area contributed by atoms with Gasteiger partial charge >= 0.3 is 0 Å². The summed E-state index contributed by atoms with van der Waals surface area (Å²) >= 11 is 0. The van der Waals surface area contributed by atoms with Crippen LogP contribution < -0.4 is 16.0 Å². The number of nitrogens with two attached hydrogens (primary N) is 1. The number of nitrogens with zero attached hydrogens (tertiary/aromatic N) is 3. The molecule has 1 saturated heterocycles. The maximum atomic E-state index is 5.62. The number of likely N-dealkylation sites (N-methyl/N-ethyl adjacent to an activating group) is 1. The molecule has 0 saturated carbocycles. The minimum absolute atomic E-state index is 0.433. The summed E-state index contributed by atoms with van der Waals surface area (Å²) in [5.41, 5.74) is 7.86. The molecule has 0 spiro atoms. The van der Waals surface area contributed by atoms with Crippen molar-refractivity contribution in [2.75, 3.05) is 50.5 Å². The molecule has 0 radical (unpaired) electrons. The maximum absolute atomic E-state index is 5.62. The zero-order valence-electron chi connectivity index (χ0n) is 11.1. The first-order chi connectivity index (χ1) is 8.69. The first kappa shape index (κ1) is 12.7. The van der Waals surface area contributed by atoms with Gasteiger partial charge in [-0.15, -0.1) is 0 Å². The number of piperazine rings is 1. The number of nitrogens with one attached hydrogen (secondary N) is 1. The van der Waals surface area contributed by atoms with Gasteiger partial charge in [-0.3, -0.25) is 4.99 Å². The van der Waals surface area contributed by atoms with Crippen molar-refractivity contribution in [2.24, 2.45) is 10.7 Å². The third-order valence-corrected chi connectivity index (χ3v) is 3.25. The molecule has 1 aromatic carbocycles. The Morgan fingerprint density at radius 1 is 1.17 bits per heavy atom. The van der Waals surface area contributed by atoms with Gasteiger partial charge in [-0.1, -0.05) is 0 Å². The molecule has 1 aliphatic rings. The Labute approximate surface area is 108 Å². The van der Waals surface area contributed by atoms with E-state index < -0.39 is 0 Å². The van der Waals surface area contributed by atoms with Crippen molar-refractivity contribution in [3.8, 4) is 0 Å². The normalized spacial score (nSPS) is 17.9. The van der Waals surface area contributed by atoms with Crippen LogP contribution in [0, 0.1) is 0 Å². The molecule has 5 heteroatoms. The van der Waals surface area contributed by atoms with Gasteiger partial charge in [-0.05, 0) is 31.3 Å². The summed E-state index contributed by atoms with van der Waals surface area (Å²) in [4.78, 5) is 8.63. The van der Waals surface area contributed by atoms with Crippen LogP contribution in [0.4, 0.5) is 11.4 Å². The van der Waals surface area contributed by atoms with Crippen LogP contribution in [0.1, 0.15) is 0 Å². The summed E-state index contributed by atoms with van der Waals surface area (Å²) < 4.78 is 0. The Hall–Kier alpha value is -1.75. The van der Waals surface area contributed by atoms with E-state index in [1.165, 1.54) is 5.69 Å². The van der Waals surface area contributed by atoms with E-state index >= 15 is 0 Å². The van der Waals surface area contributed by atoms with Gasteiger partial charge in [0.05, 0.1) is 0 Å². The Morgan fingerprint density at radius 2 is 1.78 bits per heavy atom. The molecule has 1 fully saturated rings. The first-order valence-corrected chi connectivity index (χ1v) is 6.22. The largest absolute Gasteiger partial charge is 0.370 e. The Morgan fingerprint density at radius 3 is 2.33 bits per heavy atom. The smallest absolute Gasteiger partial charge is 0.192 e. The van der Waals surface area contributed by atoms with Crippen LogP contribution in [0.25, 0.3) is 0 Å². The van der Waals surface area contributed by atoms with Crippen molar-refractivity contribution >= 4 is 17.3 Å². The molecule has 98 valence electrons. The molecule has 0 amide bonds. The average Bonchev–Trinajstić information content (AvgIpc) is 2.40. The number of anilines is 2. The van der Waals surface area contributed by atoms with Gasteiger partial charge in [0.15, 0.2) is 5.96 Å². The first-order valence-electron chi connectivity index (χ1n) is 6.22. The number of hydrogen-bond donors (Lipinski definition) is 2. The van der Waals surface area contributed by atoms with Gasteiger partial charge in [0.25, 0.3) is 0 Å². The lowest BCUT2D eigenvalue weighted by atomic mass is 10.2. The predicted molar refractivity (Wildman–Crippen MR) is 77.3 cm³/mol. The molecule has 0 bridgehead atoms. The maximum Gasteiger partial charge on any atom is 0.192 e. The topological polar surface area (TPSA) is 56.9 Å². The van der Waals surface area contributed by atoms with E-state index in [0.717, 1.165) is 31.9 Å². The number of guanidine groups is 1. The highest BCUT2D eigenvalue weighted by atomic mass is 15.2. The highest BCUT2D eigenvalue weighted by molar-refractivity contribution is 5.92. The van der Waals surface area contributed by atoms with Gasteiger partial charge in [0, 0.05) is 44.6 Å². The summed E-state index contributed by atoms with van der Waals surface area (Å²) in [7, 11) is 3.83. The van der Waals surface area contributed by atoms with Crippen LogP contribution in [0.5, 0.6) is 0 Å². The van der Waals surface area contributed by atoms with E-state index in [-0.39, 0.29) is 0 Å².